The summed E-state index contributed by atoms with van der Waals surface area (Å²) in [6.45, 7) is 5.73. The van der Waals surface area contributed by atoms with E-state index >= 15 is 0 Å². The Morgan fingerprint density at radius 2 is 1.71 bits per heavy atom. The van der Waals surface area contributed by atoms with Crippen LogP contribution >= 0.6 is 0 Å². The van der Waals surface area contributed by atoms with E-state index in [2.05, 4.69) is 63.5 Å². The van der Waals surface area contributed by atoms with Crippen LogP contribution in [0.2, 0.25) is 0 Å². The van der Waals surface area contributed by atoms with Crippen LogP contribution in [0.25, 0.3) is 22.2 Å². The van der Waals surface area contributed by atoms with Crippen LogP contribution in [-0.2, 0) is 13.2 Å². The van der Waals surface area contributed by atoms with Crippen LogP contribution in [0.15, 0.2) is 95.5 Å². The summed E-state index contributed by atoms with van der Waals surface area (Å²) in [7, 11) is 2.17. The van der Waals surface area contributed by atoms with Gasteiger partial charge in [0.2, 0.25) is 5.95 Å². The molecule has 1 N–H and O–H groups in total. The molecule has 0 unspecified atom stereocenters. The average molecular weight is 506 g/mol. The van der Waals surface area contributed by atoms with Gasteiger partial charge < -0.3 is 19.4 Å². The SMILES string of the molecule is CN1CCN(Cc2ccc(-c3ccc4nc(Nc5ccc(OCc6ccccc6)cc5)ncc4c3)o2)CC1. The maximum Gasteiger partial charge on any atom is 0.227 e. The standard InChI is InChI=1S/C31H31N5O2/c1-35-15-17-36(18-16-35)21-28-12-14-30(38-28)24-7-13-29-25(19-24)20-32-31(34-29)33-26-8-10-27(11-9-26)37-22-23-5-3-2-4-6-23/h2-14,19-20H,15-18,21-22H2,1H3,(H,32,33,34). The van der Waals surface area contributed by atoms with Crippen molar-refractivity contribution in [1.82, 2.24) is 19.8 Å². The zero-order valence-corrected chi connectivity index (χ0v) is 21.5. The molecule has 0 aliphatic carbocycles. The Morgan fingerprint density at radius 3 is 2.53 bits per heavy atom. The van der Waals surface area contributed by atoms with E-state index in [1.165, 1.54) is 0 Å². The third-order valence-corrected chi connectivity index (χ3v) is 6.86. The number of fused-ring (bicyclic) bond motifs is 1. The van der Waals surface area contributed by atoms with Crippen LogP contribution in [0, 0.1) is 0 Å². The Morgan fingerprint density at radius 1 is 0.895 bits per heavy atom. The number of likely N-dealkylation sites (N-methyl/N-ethyl adjacent to an activating group) is 1. The minimum atomic E-state index is 0.541. The molecular formula is C31H31N5O2. The third kappa shape index (κ3) is 5.85. The lowest BCUT2D eigenvalue weighted by molar-refractivity contribution is 0.140. The summed E-state index contributed by atoms with van der Waals surface area (Å²) in [4.78, 5) is 14.0. The first-order valence-corrected chi connectivity index (χ1v) is 13.0. The van der Waals surface area contributed by atoms with Gasteiger partial charge in [-0.15, -0.1) is 0 Å². The average Bonchev–Trinajstić information content (AvgIpc) is 3.43. The molecule has 1 aliphatic rings. The molecule has 1 saturated heterocycles. The van der Waals surface area contributed by atoms with E-state index in [1.807, 2.05) is 54.7 Å². The molecule has 7 nitrogen and oxygen atoms in total. The first-order chi connectivity index (χ1) is 18.7. The van der Waals surface area contributed by atoms with Crippen molar-refractivity contribution in [3.63, 3.8) is 0 Å². The number of benzene rings is 3. The summed E-state index contributed by atoms with van der Waals surface area (Å²) in [5.41, 5.74) is 3.94. The molecule has 0 bridgehead atoms. The van der Waals surface area contributed by atoms with Gasteiger partial charge in [0.1, 0.15) is 23.9 Å². The van der Waals surface area contributed by atoms with E-state index in [0.29, 0.717) is 12.6 Å². The van der Waals surface area contributed by atoms with Gasteiger partial charge in [0.15, 0.2) is 0 Å². The van der Waals surface area contributed by atoms with Crippen LogP contribution in [0.4, 0.5) is 11.6 Å². The van der Waals surface area contributed by atoms with Crippen LogP contribution in [0.3, 0.4) is 0 Å². The highest BCUT2D eigenvalue weighted by Crippen LogP contribution is 2.27. The van der Waals surface area contributed by atoms with Gasteiger partial charge in [0, 0.05) is 49.0 Å². The molecule has 2 aromatic heterocycles. The molecule has 1 fully saturated rings. The summed E-state index contributed by atoms with van der Waals surface area (Å²) >= 11 is 0. The number of nitrogens with zero attached hydrogens (tertiary/aromatic N) is 4. The fourth-order valence-electron chi connectivity index (χ4n) is 4.60. The molecule has 5 aromatic rings. The summed E-state index contributed by atoms with van der Waals surface area (Å²) in [6.07, 6.45) is 1.85. The number of anilines is 2. The topological polar surface area (TPSA) is 66.7 Å². The summed E-state index contributed by atoms with van der Waals surface area (Å²) in [6, 6.07) is 28.2. The second-order valence-electron chi connectivity index (χ2n) is 9.74. The van der Waals surface area contributed by atoms with E-state index < -0.39 is 0 Å². The maximum atomic E-state index is 6.18. The molecule has 1 aliphatic heterocycles. The highest BCUT2D eigenvalue weighted by Gasteiger charge is 2.16. The van der Waals surface area contributed by atoms with Gasteiger partial charge in [-0.25, -0.2) is 9.97 Å². The highest BCUT2D eigenvalue weighted by atomic mass is 16.5. The summed E-state index contributed by atoms with van der Waals surface area (Å²) in [5, 5.41) is 4.25. The van der Waals surface area contributed by atoms with Crippen LogP contribution in [-0.4, -0.2) is 53.0 Å². The molecule has 0 spiro atoms. The van der Waals surface area contributed by atoms with Crippen LogP contribution < -0.4 is 10.1 Å². The zero-order chi connectivity index (χ0) is 25.7. The number of furan rings is 1. The van der Waals surface area contributed by atoms with Crippen molar-refractivity contribution in [2.24, 2.45) is 0 Å². The second kappa shape index (κ2) is 11.0. The zero-order valence-electron chi connectivity index (χ0n) is 21.5. The van der Waals surface area contributed by atoms with Gasteiger partial charge in [-0.2, -0.15) is 0 Å². The largest absolute Gasteiger partial charge is 0.489 e. The fraction of sp³-hybridized carbons (Fsp3) is 0.226. The van der Waals surface area contributed by atoms with Gasteiger partial charge in [-0.1, -0.05) is 30.3 Å². The van der Waals surface area contributed by atoms with Crippen molar-refractivity contribution in [3.05, 3.63) is 102 Å². The lowest BCUT2D eigenvalue weighted by Crippen LogP contribution is -2.43. The molecule has 192 valence electrons. The fourth-order valence-corrected chi connectivity index (χ4v) is 4.60. The molecule has 0 amide bonds. The maximum absolute atomic E-state index is 6.18. The number of hydrogen-bond donors (Lipinski definition) is 1. The number of ether oxygens (including phenoxy) is 1. The monoisotopic (exact) mass is 505 g/mol. The lowest BCUT2D eigenvalue weighted by Gasteiger charge is -2.31. The van der Waals surface area contributed by atoms with E-state index in [0.717, 1.165) is 77.7 Å². The van der Waals surface area contributed by atoms with Gasteiger partial charge in [0.25, 0.3) is 0 Å². The molecular weight excluding hydrogens is 474 g/mol. The Kier molecular flexibility index (Phi) is 7.02. The first-order valence-electron chi connectivity index (χ1n) is 13.0. The van der Waals surface area contributed by atoms with Gasteiger partial charge >= 0.3 is 0 Å². The number of piperazine rings is 1. The smallest absolute Gasteiger partial charge is 0.227 e. The van der Waals surface area contributed by atoms with Gasteiger partial charge in [-0.05, 0) is 67.2 Å². The van der Waals surface area contributed by atoms with E-state index in [4.69, 9.17) is 14.1 Å². The van der Waals surface area contributed by atoms with Crippen molar-refractivity contribution in [1.29, 1.82) is 0 Å². The van der Waals surface area contributed by atoms with Crippen molar-refractivity contribution < 1.29 is 9.15 Å². The Hall–Kier alpha value is -4.20. The summed E-state index contributed by atoms with van der Waals surface area (Å²) < 4.78 is 12.1. The highest BCUT2D eigenvalue weighted by molar-refractivity contribution is 5.84. The molecule has 7 heteroatoms. The van der Waals surface area contributed by atoms with E-state index in [1.54, 1.807) is 0 Å². The van der Waals surface area contributed by atoms with Gasteiger partial charge in [0.05, 0.1) is 12.1 Å². The molecule has 6 rings (SSSR count). The molecule has 38 heavy (non-hydrogen) atoms. The second-order valence-corrected chi connectivity index (χ2v) is 9.74. The van der Waals surface area contributed by atoms with Crippen molar-refractivity contribution in [2.45, 2.75) is 13.2 Å². The predicted molar refractivity (Wildman–Crippen MR) is 151 cm³/mol. The molecule has 3 heterocycles. The van der Waals surface area contributed by atoms with Gasteiger partial charge in [-0.3, -0.25) is 4.90 Å². The van der Waals surface area contributed by atoms with E-state index in [-0.39, 0.29) is 0 Å². The Labute approximate surface area is 222 Å². The summed E-state index contributed by atoms with van der Waals surface area (Å²) in [5.74, 6) is 3.23. The third-order valence-electron chi connectivity index (χ3n) is 6.86. The van der Waals surface area contributed by atoms with E-state index in [9.17, 15) is 0 Å². The van der Waals surface area contributed by atoms with Crippen LogP contribution in [0.5, 0.6) is 5.75 Å². The lowest BCUT2D eigenvalue weighted by atomic mass is 10.1. The molecule has 3 aromatic carbocycles. The van der Waals surface area contributed by atoms with Crippen LogP contribution in [0.1, 0.15) is 11.3 Å². The van der Waals surface area contributed by atoms with Crippen molar-refractivity contribution in [2.75, 3.05) is 38.5 Å². The molecule has 0 atom stereocenters. The number of rotatable bonds is 8. The quantitative estimate of drug-likeness (QED) is 0.279. The predicted octanol–water partition coefficient (Wildman–Crippen LogP) is 5.96. The molecule has 0 saturated carbocycles. The Balaban J connectivity index is 1.09. The molecule has 0 radical (unpaired) electrons. The number of hydrogen-bond acceptors (Lipinski definition) is 7. The normalized spacial score (nSPS) is 14.6. The van der Waals surface area contributed by atoms with Crippen molar-refractivity contribution in [3.8, 4) is 17.1 Å². The Bertz CT molecular complexity index is 1490. The number of nitrogens with one attached hydrogen (secondary N) is 1. The minimum absolute atomic E-state index is 0.541. The number of aromatic nitrogens is 2. The van der Waals surface area contributed by atoms with Crippen molar-refractivity contribution >= 4 is 22.5 Å². The minimum Gasteiger partial charge on any atom is -0.489 e. The first kappa shape index (κ1) is 24.2.